The molecule has 0 aliphatic carbocycles. The molecule has 4 rings (SSSR count). The molecule has 0 radical (unpaired) electrons. The number of carbonyl (C=O) groups is 1. The highest BCUT2D eigenvalue weighted by atomic mass is 16.5. The standard InChI is InChI=1S/C20H17N5O2/c1-3-27-20(26)15-12-22-25-11-9-16(24-19(15)25)14-7-5-10-21-18(14)17-8-4-6-13(2)23-17/h4-12H,3H2,1-2H3. The van der Waals surface area contributed by atoms with Gasteiger partial charge < -0.3 is 4.74 Å². The van der Waals surface area contributed by atoms with Gasteiger partial charge in [-0.2, -0.15) is 5.10 Å². The number of fused-ring (bicyclic) bond motifs is 1. The van der Waals surface area contributed by atoms with Crippen LogP contribution in [0.15, 0.2) is 55.0 Å². The lowest BCUT2D eigenvalue weighted by molar-refractivity contribution is 0.0528. The van der Waals surface area contributed by atoms with Crippen molar-refractivity contribution in [2.24, 2.45) is 0 Å². The molecule has 0 atom stereocenters. The van der Waals surface area contributed by atoms with Crippen LogP contribution in [0.3, 0.4) is 0 Å². The fourth-order valence-corrected chi connectivity index (χ4v) is 2.86. The summed E-state index contributed by atoms with van der Waals surface area (Å²) in [4.78, 5) is 25.9. The smallest absolute Gasteiger partial charge is 0.343 e. The lowest BCUT2D eigenvalue weighted by atomic mass is 10.1. The number of hydrogen-bond donors (Lipinski definition) is 0. The van der Waals surface area contributed by atoms with E-state index in [2.05, 4.69) is 20.1 Å². The zero-order valence-corrected chi connectivity index (χ0v) is 15.0. The van der Waals surface area contributed by atoms with E-state index in [4.69, 9.17) is 4.74 Å². The van der Waals surface area contributed by atoms with Crippen molar-refractivity contribution in [3.63, 3.8) is 0 Å². The van der Waals surface area contributed by atoms with Gasteiger partial charge in [0.15, 0.2) is 5.65 Å². The topological polar surface area (TPSA) is 82.3 Å². The van der Waals surface area contributed by atoms with Crippen molar-refractivity contribution in [2.45, 2.75) is 13.8 Å². The third kappa shape index (κ3) is 3.15. The Balaban J connectivity index is 1.86. The molecule has 27 heavy (non-hydrogen) atoms. The third-order valence-electron chi connectivity index (χ3n) is 4.08. The van der Waals surface area contributed by atoms with E-state index < -0.39 is 5.97 Å². The van der Waals surface area contributed by atoms with Crippen LogP contribution in [0.25, 0.3) is 28.3 Å². The molecule has 7 heteroatoms. The number of ether oxygens (including phenoxy) is 1. The second kappa shape index (κ2) is 6.95. The predicted molar refractivity (Wildman–Crippen MR) is 100 cm³/mol. The number of pyridine rings is 2. The third-order valence-corrected chi connectivity index (χ3v) is 4.08. The Labute approximate surface area is 155 Å². The Bertz CT molecular complexity index is 1140. The number of aryl methyl sites for hydroxylation is 1. The summed E-state index contributed by atoms with van der Waals surface area (Å²) in [5.41, 5.74) is 4.69. The van der Waals surface area contributed by atoms with Crippen molar-refractivity contribution in [1.29, 1.82) is 0 Å². The Morgan fingerprint density at radius 2 is 2.00 bits per heavy atom. The minimum absolute atomic E-state index is 0.293. The maximum absolute atomic E-state index is 12.2. The van der Waals surface area contributed by atoms with Crippen molar-refractivity contribution < 1.29 is 9.53 Å². The van der Waals surface area contributed by atoms with Gasteiger partial charge in [0.2, 0.25) is 0 Å². The first kappa shape index (κ1) is 16.8. The van der Waals surface area contributed by atoms with E-state index in [1.807, 2.05) is 43.3 Å². The minimum atomic E-state index is -0.441. The molecule has 0 spiro atoms. The maximum Gasteiger partial charge on any atom is 0.343 e. The number of aromatic nitrogens is 5. The average molecular weight is 359 g/mol. The molecule has 0 saturated heterocycles. The molecule has 0 bridgehead atoms. The normalized spacial score (nSPS) is 10.9. The summed E-state index contributed by atoms with van der Waals surface area (Å²) < 4.78 is 6.64. The number of hydrogen-bond acceptors (Lipinski definition) is 6. The molecule has 0 N–H and O–H groups in total. The summed E-state index contributed by atoms with van der Waals surface area (Å²) in [6.07, 6.45) is 4.96. The molecule has 0 unspecified atom stereocenters. The average Bonchev–Trinajstić information content (AvgIpc) is 3.11. The number of nitrogens with zero attached hydrogens (tertiary/aromatic N) is 5. The Morgan fingerprint density at radius 1 is 1.11 bits per heavy atom. The summed E-state index contributed by atoms with van der Waals surface area (Å²) in [6, 6.07) is 11.4. The van der Waals surface area contributed by atoms with Crippen LogP contribution in [0.4, 0.5) is 0 Å². The monoisotopic (exact) mass is 359 g/mol. The van der Waals surface area contributed by atoms with E-state index in [1.165, 1.54) is 6.20 Å². The number of carbonyl (C=O) groups excluding carboxylic acids is 1. The molecular weight excluding hydrogens is 342 g/mol. The summed E-state index contributed by atoms with van der Waals surface area (Å²) in [6.45, 7) is 4.00. The lowest BCUT2D eigenvalue weighted by Gasteiger charge is -2.09. The minimum Gasteiger partial charge on any atom is -0.462 e. The fraction of sp³-hybridized carbons (Fsp3) is 0.150. The lowest BCUT2D eigenvalue weighted by Crippen LogP contribution is -2.05. The highest BCUT2D eigenvalue weighted by Gasteiger charge is 2.17. The summed E-state index contributed by atoms with van der Waals surface area (Å²) in [5, 5.41) is 4.17. The molecule has 0 saturated carbocycles. The molecule has 4 aromatic rings. The largest absolute Gasteiger partial charge is 0.462 e. The zero-order chi connectivity index (χ0) is 18.8. The maximum atomic E-state index is 12.2. The SMILES string of the molecule is CCOC(=O)c1cnn2ccc(-c3cccnc3-c3cccc(C)n3)nc12. The van der Waals surface area contributed by atoms with Crippen LogP contribution in [0, 0.1) is 6.92 Å². The van der Waals surface area contributed by atoms with Gasteiger partial charge in [0.25, 0.3) is 0 Å². The summed E-state index contributed by atoms with van der Waals surface area (Å²) in [5.74, 6) is -0.441. The molecular formula is C20H17N5O2. The van der Waals surface area contributed by atoms with Crippen molar-refractivity contribution in [2.75, 3.05) is 6.61 Å². The molecule has 0 aliphatic heterocycles. The van der Waals surface area contributed by atoms with Crippen molar-refractivity contribution in [3.8, 4) is 22.6 Å². The van der Waals surface area contributed by atoms with Gasteiger partial charge in [-0.05, 0) is 44.2 Å². The van der Waals surface area contributed by atoms with Gasteiger partial charge in [0.05, 0.1) is 29.9 Å². The summed E-state index contributed by atoms with van der Waals surface area (Å²) >= 11 is 0. The van der Waals surface area contributed by atoms with Crippen LogP contribution in [-0.2, 0) is 4.74 Å². The molecule has 7 nitrogen and oxygen atoms in total. The van der Waals surface area contributed by atoms with Gasteiger partial charge in [-0.3, -0.25) is 9.97 Å². The van der Waals surface area contributed by atoms with Crippen molar-refractivity contribution in [1.82, 2.24) is 24.6 Å². The first-order chi connectivity index (χ1) is 13.2. The second-order valence-electron chi connectivity index (χ2n) is 5.92. The molecule has 0 fully saturated rings. The van der Waals surface area contributed by atoms with Crippen LogP contribution in [0.1, 0.15) is 23.0 Å². The van der Waals surface area contributed by atoms with Crippen LogP contribution >= 0.6 is 0 Å². The van der Waals surface area contributed by atoms with E-state index in [1.54, 1.807) is 23.8 Å². The van der Waals surface area contributed by atoms with Crippen molar-refractivity contribution >= 4 is 11.6 Å². The number of rotatable bonds is 4. The van der Waals surface area contributed by atoms with Crippen LogP contribution in [0.5, 0.6) is 0 Å². The van der Waals surface area contributed by atoms with E-state index in [0.717, 1.165) is 22.6 Å². The molecule has 0 aliphatic rings. The van der Waals surface area contributed by atoms with E-state index >= 15 is 0 Å². The quantitative estimate of drug-likeness (QED) is 0.520. The van der Waals surface area contributed by atoms with Gasteiger partial charge in [0.1, 0.15) is 5.56 Å². The van der Waals surface area contributed by atoms with Crippen LogP contribution in [-0.4, -0.2) is 37.1 Å². The first-order valence-electron chi connectivity index (χ1n) is 8.58. The van der Waals surface area contributed by atoms with Crippen LogP contribution < -0.4 is 0 Å². The Kier molecular flexibility index (Phi) is 4.33. The highest BCUT2D eigenvalue weighted by molar-refractivity contribution is 5.96. The van der Waals surface area contributed by atoms with E-state index in [-0.39, 0.29) is 0 Å². The van der Waals surface area contributed by atoms with Gasteiger partial charge in [-0.15, -0.1) is 0 Å². The van der Waals surface area contributed by atoms with E-state index in [9.17, 15) is 4.79 Å². The second-order valence-corrected chi connectivity index (χ2v) is 5.92. The van der Waals surface area contributed by atoms with Crippen molar-refractivity contribution in [3.05, 3.63) is 66.2 Å². The van der Waals surface area contributed by atoms with Gasteiger partial charge in [0, 0.05) is 23.7 Å². The number of esters is 1. The molecule has 4 heterocycles. The zero-order valence-electron chi connectivity index (χ0n) is 15.0. The Hall–Kier alpha value is -3.61. The molecule has 4 aromatic heterocycles. The molecule has 134 valence electrons. The Morgan fingerprint density at radius 3 is 2.81 bits per heavy atom. The van der Waals surface area contributed by atoms with Gasteiger partial charge in [-0.25, -0.2) is 14.3 Å². The van der Waals surface area contributed by atoms with Gasteiger partial charge >= 0.3 is 5.97 Å². The van der Waals surface area contributed by atoms with Gasteiger partial charge in [-0.1, -0.05) is 6.07 Å². The first-order valence-corrected chi connectivity index (χ1v) is 8.58. The molecule has 0 amide bonds. The summed E-state index contributed by atoms with van der Waals surface area (Å²) in [7, 11) is 0. The van der Waals surface area contributed by atoms with Crippen LogP contribution in [0.2, 0.25) is 0 Å². The fourth-order valence-electron chi connectivity index (χ4n) is 2.86. The predicted octanol–water partition coefficient (Wildman–Crippen LogP) is 3.34. The molecule has 0 aromatic carbocycles. The highest BCUT2D eigenvalue weighted by Crippen LogP contribution is 2.28. The van der Waals surface area contributed by atoms with E-state index in [0.29, 0.717) is 23.5 Å².